The van der Waals surface area contributed by atoms with Gasteiger partial charge in [0, 0.05) is 39.9 Å². The number of pyridine rings is 1. The SMILES string of the molecule is CCNc1cc(C(=O)NCCNC(=O)N(C)C)c(Cl)cn1. The van der Waals surface area contributed by atoms with Crippen LogP contribution in [0.25, 0.3) is 0 Å². The largest absolute Gasteiger partial charge is 0.370 e. The molecule has 0 aromatic carbocycles. The standard InChI is InChI=1S/C13H20ClN5O2/c1-4-15-11-7-9(10(14)8-18-11)12(20)16-5-6-17-13(21)19(2)3/h7-8H,4-6H2,1-3H3,(H,15,18)(H,16,20)(H,17,21). The fourth-order valence-electron chi connectivity index (χ4n) is 1.49. The molecule has 0 unspecified atom stereocenters. The summed E-state index contributed by atoms with van der Waals surface area (Å²) in [6, 6.07) is 1.39. The van der Waals surface area contributed by atoms with Crippen molar-refractivity contribution in [3.63, 3.8) is 0 Å². The Kier molecular flexibility index (Phi) is 6.74. The highest BCUT2D eigenvalue weighted by atomic mass is 35.5. The van der Waals surface area contributed by atoms with Crippen molar-refractivity contribution in [1.29, 1.82) is 0 Å². The highest BCUT2D eigenvalue weighted by Gasteiger charge is 2.11. The van der Waals surface area contributed by atoms with E-state index in [9.17, 15) is 9.59 Å². The first-order valence-electron chi connectivity index (χ1n) is 6.58. The van der Waals surface area contributed by atoms with Gasteiger partial charge in [0.1, 0.15) is 5.82 Å². The van der Waals surface area contributed by atoms with Gasteiger partial charge in [-0.25, -0.2) is 9.78 Å². The van der Waals surface area contributed by atoms with Crippen molar-refractivity contribution in [2.24, 2.45) is 0 Å². The smallest absolute Gasteiger partial charge is 0.316 e. The number of nitrogens with one attached hydrogen (secondary N) is 3. The Labute approximate surface area is 129 Å². The molecule has 0 aliphatic carbocycles. The lowest BCUT2D eigenvalue weighted by atomic mass is 10.2. The number of carbonyl (C=O) groups is 2. The summed E-state index contributed by atoms with van der Waals surface area (Å²) < 4.78 is 0. The van der Waals surface area contributed by atoms with Gasteiger partial charge < -0.3 is 20.9 Å². The van der Waals surface area contributed by atoms with E-state index in [1.54, 1.807) is 20.2 Å². The lowest BCUT2D eigenvalue weighted by Gasteiger charge is -2.12. The van der Waals surface area contributed by atoms with E-state index >= 15 is 0 Å². The molecule has 0 aliphatic rings. The first-order valence-corrected chi connectivity index (χ1v) is 6.96. The van der Waals surface area contributed by atoms with E-state index in [1.807, 2.05) is 6.92 Å². The third-order valence-corrected chi connectivity index (χ3v) is 2.85. The van der Waals surface area contributed by atoms with Gasteiger partial charge in [0.2, 0.25) is 0 Å². The van der Waals surface area contributed by atoms with Crippen molar-refractivity contribution in [2.75, 3.05) is 39.0 Å². The Morgan fingerprint density at radius 1 is 1.29 bits per heavy atom. The Hall–Kier alpha value is -2.02. The van der Waals surface area contributed by atoms with Gasteiger partial charge >= 0.3 is 6.03 Å². The number of halogens is 1. The van der Waals surface area contributed by atoms with Gasteiger partial charge in [-0.2, -0.15) is 0 Å². The maximum atomic E-state index is 12.0. The molecule has 7 nitrogen and oxygen atoms in total. The van der Waals surface area contributed by atoms with Crippen molar-refractivity contribution < 1.29 is 9.59 Å². The summed E-state index contributed by atoms with van der Waals surface area (Å²) in [5.74, 6) is 0.286. The number of rotatable bonds is 6. The van der Waals surface area contributed by atoms with Crippen LogP contribution in [0.3, 0.4) is 0 Å². The molecule has 1 heterocycles. The summed E-state index contributed by atoms with van der Waals surface area (Å²) in [6.45, 7) is 3.29. The van der Waals surface area contributed by atoms with E-state index < -0.39 is 0 Å². The van der Waals surface area contributed by atoms with E-state index in [4.69, 9.17) is 11.6 Å². The molecular weight excluding hydrogens is 294 g/mol. The second kappa shape index (κ2) is 8.31. The Morgan fingerprint density at radius 2 is 1.95 bits per heavy atom. The minimum Gasteiger partial charge on any atom is -0.370 e. The van der Waals surface area contributed by atoms with Gasteiger partial charge in [0.05, 0.1) is 10.6 Å². The average Bonchev–Trinajstić information content (AvgIpc) is 2.45. The van der Waals surface area contributed by atoms with Crippen molar-refractivity contribution in [3.05, 3.63) is 22.8 Å². The van der Waals surface area contributed by atoms with Crippen LogP contribution in [0, 0.1) is 0 Å². The van der Waals surface area contributed by atoms with Crippen LogP contribution in [0.5, 0.6) is 0 Å². The molecule has 0 bridgehead atoms. The summed E-state index contributed by atoms with van der Waals surface area (Å²) in [5.41, 5.74) is 0.349. The van der Waals surface area contributed by atoms with Gasteiger partial charge in [0.15, 0.2) is 0 Å². The zero-order chi connectivity index (χ0) is 15.8. The number of anilines is 1. The number of hydrogen-bond acceptors (Lipinski definition) is 4. The first kappa shape index (κ1) is 17.0. The molecule has 21 heavy (non-hydrogen) atoms. The van der Waals surface area contributed by atoms with Crippen LogP contribution < -0.4 is 16.0 Å². The molecule has 3 amide bonds. The lowest BCUT2D eigenvalue weighted by Crippen LogP contribution is -2.39. The summed E-state index contributed by atoms with van der Waals surface area (Å²) in [7, 11) is 3.29. The van der Waals surface area contributed by atoms with Gasteiger partial charge in [0.25, 0.3) is 5.91 Å². The molecule has 1 rings (SSSR count). The Bertz CT molecular complexity index is 507. The first-order chi connectivity index (χ1) is 9.95. The zero-order valence-electron chi connectivity index (χ0n) is 12.4. The van der Waals surface area contributed by atoms with Crippen molar-refractivity contribution in [2.45, 2.75) is 6.92 Å². The van der Waals surface area contributed by atoms with Crippen molar-refractivity contribution in [1.82, 2.24) is 20.5 Å². The number of aromatic nitrogens is 1. The number of urea groups is 1. The molecule has 0 radical (unpaired) electrons. The maximum Gasteiger partial charge on any atom is 0.316 e. The predicted molar refractivity (Wildman–Crippen MR) is 82.8 cm³/mol. The normalized spacial score (nSPS) is 9.90. The molecule has 0 fully saturated rings. The highest BCUT2D eigenvalue weighted by molar-refractivity contribution is 6.33. The minimum atomic E-state index is -0.305. The number of nitrogens with zero attached hydrogens (tertiary/aromatic N) is 2. The van der Waals surface area contributed by atoms with E-state index in [0.717, 1.165) is 0 Å². The summed E-state index contributed by atoms with van der Waals surface area (Å²) in [4.78, 5) is 28.8. The van der Waals surface area contributed by atoms with Crippen LogP contribution in [-0.4, -0.2) is 55.6 Å². The summed E-state index contributed by atoms with van der Waals surface area (Å²) >= 11 is 5.97. The molecule has 116 valence electrons. The maximum absolute atomic E-state index is 12.0. The molecule has 1 aromatic rings. The molecule has 0 spiro atoms. The van der Waals surface area contributed by atoms with Gasteiger partial charge in [-0.15, -0.1) is 0 Å². The third kappa shape index (κ3) is 5.47. The summed E-state index contributed by atoms with van der Waals surface area (Å²) in [5, 5.41) is 8.64. The van der Waals surface area contributed by atoms with Gasteiger partial charge in [-0.05, 0) is 13.0 Å². The minimum absolute atomic E-state index is 0.208. The number of hydrogen-bond donors (Lipinski definition) is 3. The Morgan fingerprint density at radius 3 is 2.57 bits per heavy atom. The van der Waals surface area contributed by atoms with Crippen LogP contribution in [-0.2, 0) is 0 Å². The van der Waals surface area contributed by atoms with E-state index in [1.165, 1.54) is 11.1 Å². The van der Waals surface area contributed by atoms with Gasteiger partial charge in [-0.3, -0.25) is 4.79 Å². The van der Waals surface area contributed by atoms with Crippen LogP contribution in [0.4, 0.5) is 10.6 Å². The number of carbonyl (C=O) groups excluding carboxylic acids is 2. The predicted octanol–water partition coefficient (Wildman–Crippen LogP) is 1.17. The molecule has 0 atom stereocenters. The molecule has 1 aromatic heterocycles. The molecule has 0 saturated heterocycles. The number of amides is 3. The van der Waals surface area contributed by atoms with E-state index in [0.29, 0.717) is 31.0 Å². The average molecular weight is 314 g/mol. The molecular formula is C13H20ClN5O2. The lowest BCUT2D eigenvalue weighted by molar-refractivity contribution is 0.0953. The second-order valence-corrected chi connectivity index (χ2v) is 4.87. The van der Waals surface area contributed by atoms with Crippen molar-refractivity contribution >= 4 is 29.4 Å². The molecule has 0 saturated carbocycles. The second-order valence-electron chi connectivity index (χ2n) is 4.46. The van der Waals surface area contributed by atoms with Crippen LogP contribution in [0.15, 0.2) is 12.3 Å². The fraction of sp³-hybridized carbons (Fsp3) is 0.462. The van der Waals surface area contributed by atoms with Crippen molar-refractivity contribution in [3.8, 4) is 0 Å². The van der Waals surface area contributed by atoms with Gasteiger partial charge in [-0.1, -0.05) is 11.6 Å². The zero-order valence-corrected chi connectivity index (χ0v) is 13.1. The monoisotopic (exact) mass is 313 g/mol. The quantitative estimate of drug-likeness (QED) is 0.688. The van der Waals surface area contributed by atoms with Crippen LogP contribution in [0.2, 0.25) is 5.02 Å². The molecule has 0 aliphatic heterocycles. The van der Waals surface area contributed by atoms with Crippen LogP contribution >= 0.6 is 11.6 Å². The van der Waals surface area contributed by atoms with E-state index in [-0.39, 0.29) is 17.0 Å². The molecule has 3 N–H and O–H groups in total. The fourth-order valence-corrected chi connectivity index (χ4v) is 1.68. The molecule has 8 heteroatoms. The topological polar surface area (TPSA) is 86.4 Å². The van der Waals surface area contributed by atoms with Crippen LogP contribution in [0.1, 0.15) is 17.3 Å². The summed E-state index contributed by atoms with van der Waals surface area (Å²) in [6.07, 6.45) is 1.43. The Balaban J connectivity index is 2.52. The highest BCUT2D eigenvalue weighted by Crippen LogP contribution is 2.17. The van der Waals surface area contributed by atoms with E-state index in [2.05, 4.69) is 20.9 Å². The third-order valence-electron chi connectivity index (χ3n) is 2.55.